The van der Waals surface area contributed by atoms with Gasteiger partial charge in [-0.1, -0.05) is 12.2 Å². The molecule has 1 heterocycles. The van der Waals surface area contributed by atoms with Gasteiger partial charge < -0.3 is 21.5 Å². The van der Waals surface area contributed by atoms with Gasteiger partial charge in [-0.3, -0.25) is 19.8 Å². The minimum Gasteiger partial charge on any atom is -0.379 e. The van der Waals surface area contributed by atoms with E-state index in [9.17, 15) is 14.9 Å². The SMILES string of the molecule is NC/C=C/CNc1c(CN2CCOCC2)cc(C(N)=O)cc1[N+](=O)[O-]. The number of nitrogens with two attached hydrogens (primary N) is 2. The topological polar surface area (TPSA) is 137 Å². The molecule has 0 bridgehead atoms. The minimum atomic E-state index is -0.694. The second-order valence-electron chi connectivity index (χ2n) is 5.63. The maximum absolute atomic E-state index is 11.6. The van der Waals surface area contributed by atoms with Crippen molar-refractivity contribution in [1.29, 1.82) is 0 Å². The molecule has 0 spiro atoms. The zero-order valence-corrected chi connectivity index (χ0v) is 13.9. The van der Waals surface area contributed by atoms with Crippen LogP contribution in [-0.4, -0.2) is 55.1 Å². The molecule has 0 saturated carbocycles. The summed E-state index contributed by atoms with van der Waals surface area (Å²) in [6.45, 7) is 3.92. The van der Waals surface area contributed by atoms with E-state index in [0.29, 0.717) is 44.1 Å². The largest absolute Gasteiger partial charge is 0.379 e. The molecule has 9 heteroatoms. The van der Waals surface area contributed by atoms with Gasteiger partial charge in [0.1, 0.15) is 5.69 Å². The molecule has 0 aromatic heterocycles. The first-order chi connectivity index (χ1) is 12.0. The zero-order chi connectivity index (χ0) is 18.2. The van der Waals surface area contributed by atoms with E-state index < -0.39 is 10.8 Å². The first kappa shape index (κ1) is 18.8. The van der Waals surface area contributed by atoms with Crippen LogP contribution in [0.4, 0.5) is 11.4 Å². The summed E-state index contributed by atoms with van der Waals surface area (Å²) >= 11 is 0. The normalized spacial score (nSPS) is 15.4. The fraction of sp³-hybridized carbons (Fsp3) is 0.438. The number of rotatable bonds is 8. The molecule has 9 nitrogen and oxygen atoms in total. The zero-order valence-electron chi connectivity index (χ0n) is 13.9. The Morgan fingerprint density at radius 3 is 2.68 bits per heavy atom. The molecule has 1 aliphatic heterocycles. The molecule has 0 aliphatic carbocycles. The molecule has 1 saturated heterocycles. The number of nitrogens with one attached hydrogen (secondary N) is 1. The number of anilines is 1. The van der Waals surface area contributed by atoms with Crippen LogP contribution in [0.3, 0.4) is 0 Å². The summed E-state index contributed by atoms with van der Waals surface area (Å²) in [7, 11) is 0. The van der Waals surface area contributed by atoms with Gasteiger partial charge in [-0.25, -0.2) is 0 Å². The molecule has 0 unspecified atom stereocenters. The highest BCUT2D eigenvalue weighted by atomic mass is 16.6. The predicted octanol–water partition coefficient (Wildman–Crippen LogP) is 0.453. The van der Waals surface area contributed by atoms with Crippen molar-refractivity contribution in [2.45, 2.75) is 6.54 Å². The highest BCUT2D eigenvalue weighted by Crippen LogP contribution is 2.31. The Hall–Kier alpha value is -2.49. The van der Waals surface area contributed by atoms with Crippen molar-refractivity contribution in [3.05, 3.63) is 45.5 Å². The average molecular weight is 349 g/mol. The summed E-state index contributed by atoms with van der Waals surface area (Å²) in [6, 6.07) is 2.82. The Balaban J connectivity index is 2.37. The number of primary amides is 1. The second kappa shape index (κ2) is 9.11. The van der Waals surface area contributed by atoms with Crippen molar-refractivity contribution in [3.8, 4) is 0 Å². The molecule has 5 N–H and O–H groups in total. The molecule has 1 fully saturated rings. The van der Waals surface area contributed by atoms with E-state index in [2.05, 4.69) is 10.2 Å². The van der Waals surface area contributed by atoms with Gasteiger partial charge in [-0.2, -0.15) is 0 Å². The smallest absolute Gasteiger partial charge is 0.293 e. The second-order valence-corrected chi connectivity index (χ2v) is 5.63. The average Bonchev–Trinajstić information content (AvgIpc) is 2.59. The molecule has 25 heavy (non-hydrogen) atoms. The fourth-order valence-electron chi connectivity index (χ4n) is 2.64. The van der Waals surface area contributed by atoms with Crippen molar-refractivity contribution >= 4 is 17.3 Å². The third-order valence-electron chi connectivity index (χ3n) is 3.88. The van der Waals surface area contributed by atoms with Gasteiger partial charge in [-0.05, 0) is 11.6 Å². The lowest BCUT2D eigenvalue weighted by Gasteiger charge is -2.27. The highest BCUT2D eigenvalue weighted by Gasteiger charge is 2.23. The highest BCUT2D eigenvalue weighted by molar-refractivity contribution is 5.95. The van der Waals surface area contributed by atoms with Gasteiger partial charge in [-0.15, -0.1) is 0 Å². The Morgan fingerprint density at radius 1 is 1.36 bits per heavy atom. The number of carbonyl (C=O) groups excluding carboxylic acids is 1. The number of hydrogen-bond acceptors (Lipinski definition) is 7. The van der Waals surface area contributed by atoms with Crippen LogP contribution in [0.25, 0.3) is 0 Å². The number of nitrogens with zero attached hydrogens (tertiary/aromatic N) is 2. The number of carbonyl (C=O) groups is 1. The number of nitro groups is 1. The number of nitro benzene ring substituents is 1. The lowest BCUT2D eigenvalue weighted by Crippen LogP contribution is -2.36. The van der Waals surface area contributed by atoms with Crippen LogP contribution < -0.4 is 16.8 Å². The minimum absolute atomic E-state index is 0.123. The summed E-state index contributed by atoms with van der Waals surface area (Å²) in [5.41, 5.74) is 11.7. The van der Waals surface area contributed by atoms with E-state index in [1.807, 2.05) is 0 Å². The summed E-state index contributed by atoms with van der Waals surface area (Å²) in [5, 5.41) is 14.5. The molecule has 1 aromatic carbocycles. The van der Waals surface area contributed by atoms with Crippen LogP contribution >= 0.6 is 0 Å². The fourth-order valence-corrected chi connectivity index (χ4v) is 2.64. The predicted molar refractivity (Wildman–Crippen MR) is 94.4 cm³/mol. The molecule has 2 rings (SSSR count). The summed E-state index contributed by atoms with van der Waals surface area (Å²) in [6.07, 6.45) is 3.56. The van der Waals surface area contributed by atoms with Crippen LogP contribution in [0.15, 0.2) is 24.3 Å². The molecular formula is C16H23N5O4. The van der Waals surface area contributed by atoms with Gasteiger partial charge in [0.25, 0.3) is 5.69 Å². The first-order valence-corrected chi connectivity index (χ1v) is 8.03. The van der Waals surface area contributed by atoms with Crippen LogP contribution in [0.5, 0.6) is 0 Å². The lowest BCUT2D eigenvalue weighted by atomic mass is 10.0. The quantitative estimate of drug-likeness (QED) is 0.352. The van der Waals surface area contributed by atoms with Crippen LogP contribution in [0.1, 0.15) is 15.9 Å². The molecule has 1 aliphatic rings. The standard InChI is InChI=1S/C16H23N5O4/c17-3-1-2-4-19-15-13(11-20-5-7-25-8-6-20)9-12(16(18)22)10-14(15)21(23)24/h1-2,9-10,19H,3-8,11,17H2,(H2,18,22)/b2-1+. The Bertz CT molecular complexity index is 656. The first-order valence-electron chi connectivity index (χ1n) is 8.03. The van der Waals surface area contributed by atoms with Gasteiger partial charge in [0.15, 0.2) is 0 Å². The van der Waals surface area contributed by atoms with Crippen molar-refractivity contribution < 1.29 is 14.5 Å². The lowest BCUT2D eigenvalue weighted by molar-refractivity contribution is -0.384. The van der Waals surface area contributed by atoms with E-state index in [-0.39, 0.29) is 11.3 Å². The van der Waals surface area contributed by atoms with Gasteiger partial charge in [0, 0.05) is 44.4 Å². The molecule has 0 radical (unpaired) electrons. The summed E-state index contributed by atoms with van der Waals surface area (Å²) in [5.74, 6) is -0.694. The van der Waals surface area contributed by atoms with Crippen LogP contribution in [0.2, 0.25) is 0 Å². The van der Waals surface area contributed by atoms with Crippen LogP contribution in [0, 0.1) is 10.1 Å². The van der Waals surface area contributed by atoms with E-state index in [0.717, 1.165) is 13.1 Å². The van der Waals surface area contributed by atoms with Gasteiger partial charge in [0.2, 0.25) is 5.91 Å². The van der Waals surface area contributed by atoms with Crippen molar-refractivity contribution in [3.63, 3.8) is 0 Å². The van der Waals surface area contributed by atoms with E-state index in [1.54, 1.807) is 18.2 Å². The Morgan fingerprint density at radius 2 is 2.08 bits per heavy atom. The number of hydrogen-bond donors (Lipinski definition) is 3. The number of morpholine rings is 1. The van der Waals surface area contributed by atoms with Crippen molar-refractivity contribution in [2.75, 3.05) is 44.7 Å². The third-order valence-corrected chi connectivity index (χ3v) is 3.88. The number of benzene rings is 1. The number of amides is 1. The molecule has 1 amide bonds. The Labute approximate surface area is 145 Å². The molecule has 0 atom stereocenters. The number of ether oxygens (including phenoxy) is 1. The molecule has 1 aromatic rings. The monoisotopic (exact) mass is 349 g/mol. The van der Waals surface area contributed by atoms with Gasteiger partial charge in [0.05, 0.1) is 18.1 Å². The van der Waals surface area contributed by atoms with Gasteiger partial charge >= 0.3 is 0 Å². The maximum atomic E-state index is 11.6. The van der Waals surface area contributed by atoms with E-state index >= 15 is 0 Å². The molecular weight excluding hydrogens is 326 g/mol. The maximum Gasteiger partial charge on any atom is 0.293 e. The summed E-state index contributed by atoms with van der Waals surface area (Å²) in [4.78, 5) is 24.6. The van der Waals surface area contributed by atoms with E-state index in [1.165, 1.54) is 6.07 Å². The Kier molecular flexibility index (Phi) is 6.87. The van der Waals surface area contributed by atoms with Crippen molar-refractivity contribution in [2.24, 2.45) is 11.5 Å². The summed E-state index contributed by atoms with van der Waals surface area (Å²) < 4.78 is 5.32. The van der Waals surface area contributed by atoms with E-state index in [4.69, 9.17) is 16.2 Å². The third kappa shape index (κ3) is 5.24. The van der Waals surface area contributed by atoms with Crippen molar-refractivity contribution in [1.82, 2.24) is 4.90 Å². The molecule has 136 valence electrons. The van der Waals surface area contributed by atoms with Crippen LogP contribution in [-0.2, 0) is 11.3 Å².